The predicted octanol–water partition coefficient (Wildman–Crippen LogP) is 13.2. The van der Waals surface area contributed by atoms with Gasteiger partial charge in [-0.05, 0) is 70.4 Å². The van der Waals surface area contributed by atoms with Crippen molar-refractivity contribution in [3.8, 4) is 33.8 Å². The topological polar surface area (TPSA) is 42.2 Å². The van der Waals surface area contributed by atoms with Gasteiger partial charge in [0.1, 0.15) is 11.2 Å². The molecule has 2 heterocycles. The van der Waals surface area contributed by atoms with E-state index in [2.05, 4.69) is 157 Å². The van der Waals surface area contributed by atoms with Crippen LogP contribution in [0.3, 0.4) is 0 Å². The van der Waals surface area contributed by atoms with Gasteiger partial charge in [0.25, 0.3) is 0 Å². The van der Waals surface area contributed by atoms with E-state index in [-0.39, 0.29) is 0 Å². The van der Waals surface area contributed by atoms with Crippen LogP contribution in [0, 0.1) is 0 Å². The minimum absolute atomic E-state index is 0.699. The molecule has 4 heteroatoms. The molecule has 0 radical (unpaired) electrons. The van der Waals surface area contributed by atoms with Crippen LogP contribution in [0.15, 0.2) is 192 Å². The van der Waals surface area contributed by atoms with Crippen molar-refractivity contribution in [1.82, 2.24) is 9.97 Å². The maximum Gasteiger partial charge on any atom is 0.160 e. The third kappa shape index (κ3) is 5.17. The van der Waals surface area contributed by atoms with Crippen molar-refractivity contribution < 1.29 is 4.42 Å². The number of para-hydroxylation sites is 1. The number of nitrogens with zero attached hydrogens (tertiary/aromatic N) is 3. The maximum absolute atomic E-state index is 6.70. The summed E-state index contributed by atoms with van der Waals surface area (Å²) in [5.74, 6) is 0.699. The highest BCUT2D eigenvalue weighted by Gasteiger charge is 2.20. The molecule has 10 aromatic rings. The number of hydrogen-bond acceptors (Lipinski definition) is 4. The molecule has 0 fully saturated rings. The summed E-state index contributed by atoms with van der Waals surface area (Å²) in [4.78, 5) is 12.5. The smallest absolute Gasteiger partial charge is 0.160 e. The van der Waals surface area contributed by atoms with Gasteiger partial charge in [-0.2, -0.15) is 0 Å². The van der Waals surface area contributed by atoms with E-state index in [9.17, 15) is 0 Å². The van der Waals surface area contributed by atoms with Gasteiger partial charge < -0.3 is 9.32 Å². The number of benzene rings is 8. The van der Waals surface area contributed by atoms with E-state index in [1.54, 1.807) is 0 Å². The molecule has 0 atom stereocenters. The highest BCUT2D eigenvalue weighted by molar-refractivity contribution is 6.15. The molecule has 8 aromatic carbocycles. The van der Waals surface area contributed by atoms with E-state index < -0.39 is 0 Å². The fraction of sp³-hybridized carbons (Fsp3) is 0. The minimum atomic E-state index is 0.699. The third-order valence-corrected chi connectivity index (χ3v) is 9.83. The summed E-state index contributed by atoms with van der Waals surface area (Å²) in [5, 5.41) is 5.47. The van der Waals surface area contributed by atoms with Crippen LogP contribution in [0.25, 0.3) is 77.4 Å². The fourth-order valence-electron chi connectivity index (χ4n) is 7.37. The Morgan fingerprint density at radius 3 is 1.94 bits per heavy atom. The number of fused-ring (bicyclic) bond motifs is 5. The molecule has 0 unspecified atom stereocenters. The van der Waals surface area contributed by atoms with Gasteiger partial charge in [-0.25, -0.2) is 9.97 Å². The summed E-state index contributed by atoms with van der Waals surface area (Å²) >= 11 is 0. The zero-order valence-electron chi connectivity index (χ0n) is 28.1. The lowest BCUT2D eigenvalue weighted by Crippen LogP contribution is -2.10. The summed E-state index contributed by atoms with van der Waals surface area (Å²) in [7, 11) is 0. The van der Waals surface area contributed by atoms with Gasteiger partial charge in [0.05, 0.1) is 11.2 Å². The highest BCUT2D eigenvalue weighted by atomic mass is 16.3. The quantitative estimate of drug-likeness (QED) is 0.177. The molecule has 0 saturated carbocycles. The van der Waals surface area contributed by atoms with Crippen molar-refractivity contribution in [2.24, 2.45) is 0 Å². The van der Waals surface area contributed by atoms with Gasteiger partial charge in [-0.3, -0.25) is 0 Å². The Bertz CT molecular complexity index is 2910. The second-order valence-corrected chi connectivity index (χ2v) is 13.0. The monoisotopic (exact) mass is 665 g/mol. The Labute approximate surface area is 300 Å². The number of hydrogen-bond donors (Lipinski definition) is 0. The zero-order chi connectivity index (χ0) is 34.4. The van der Waals surface area contributed by atoms with Crippen molar-refractivity contribution >= 4 is 60.7 Å². The second-order valence-electron chi connectivity index (χ2n) is 13.0. The molecule has 0 aliphatic carbocycles. The fourth-order valence-corrected chi connectivity index (χ4v) is 7.37. The standard InChI is InChI=1S/C48H31N3O/c1-3-13-32(14-4-1)36-19-11-20-37(29-36)51(38-26-25-33-15-7-8-18-35(33)30-38)39-27-28-41-45(31-39)52-44-24-12-22-42(46(41)44)47-40-21-9-10-23-43(40)49-48(50-47)34-16-5-2-6-17-34/h1-31H. The molecule has 0 amide bonds. The first kappa shape index (κ1) is 29.8. The third-order valence-electron chi connectivity index (χ3n) is 9.83. The average Bonchev–Trinajstić information content (AvgIpc) is 3.60. The zero-order valence-corrected chi connectivity index (χ0v) is 28.1. The Balaban J connectivity index is 1.16. The van der Waals surface area contributed by atoms with Gasteiger partial charge in [0, 0.05) is 50.4 Å². The van der Waals surface area contributed by atoms with Crippen molar-refractivity contribution in [3.63, 3.8) is 0 Å². The van der Waals surface area contributed by atoms with Crippen LogP contribution >= 0.6 is 0 Å². The van der Waals surface area contributed by atoms with Crippen LogP contribution in [-0.4, -0.2) is 9.97 Å². The van der Waals surface area contributed by atoms with Crippen molar-refractivity contribution in [3.05, 3.63) is 188 Å². The Hall–Kier alpha value is -7.04. The summed E-state index contributed by atoms with van der Waals surface area (Å²) in [5.41, 5.74) is 10.9. The van der Waals surface area contributed by atoms with Crippen LogP contribution in [0.5, 0.6) is 0 Å². The minimum Gasteiger partial charge on any atom is -0.456 e. The van der Waals surface area contributed by atoms with Crippen LogP contribution in [0.1, 0.15) is 0 Å². The average molecular weight is 666 g/mol. The van der Waals surface area contributed by atoms with E-state index in [1.165, 1.54) is 16.3 Å². The number of rotatable bonds is 6. The maximum atomic E-state index is 6.70. The number of anilines is 3. The Morgan fingerprint density at radius 1 is 0.404 bits per heavy atom. The molecule has 0 spiro atoms. The summed E-state index contributed by atoms with van der Waals surface area (Å²) < 4.78 is 6.70. The molecule has 0 saturated heterocycles. The van der Waals surface area contributed by atoms with E-state index in [0.29, 0.717) is 5.82 Å². The molecule has 10 rings (SSSR count). The first-order valence-corrected chi connectivity index (χ1v) is 17.5. The molecule has 52 heavy (non-hydrogen) atoms. The van der Waals surface area contributed by atoms with Gasteiger partial charge in [0.15, 0.2) is 5.82 Å². The Kier molecular flexibility index (Phi) is 7.10. The molecule has 0 aliphatic rings. The van der Waals surface area contributed by atoms with Crippen LogP contribution in [0.4, 0.5) is 17.1 Å². The van der Waals surface area contributed by atoms with E-state index in [1.807, 2.05) is 36.4 Å². The van der Waals surface area contributed by atoms with E-state index >= 15 is 0 Å². The van der Waals surface area contributed by atoms with Gasteiger partial charge in [-0.1, -0.05) is 133 Å². The molecule has 0 bridgehead atoms. The lowest BCUT2D eigenvalue weighted by molar-refractivity contribution is 0.669. The van der Waals surface area contributed by atoms with E-state index in [4.69, 9.17) is 14.4 Å². The molecule has 0 N–H and O–H groups in total. The first-order valence-electron chi connectivity index (χ1n) is 17.5. The highest BCUT2D eigenvalue weighted by Crippen LogP contribution is 2.43. The van der Waals surface area contributed by atoms with Gasteiger partial charge in [0.2, 0.25) is 0 Å². The van der Waals surface area contributed by atoms with Crippen LogP contribution in [0.2, 0.25) is 0 Å². The molecule has 0 aliphatic heterocycles. The van der Waals surface area contributed by atoms with Crippen LogP contribution < -0.4 is 4.90 Å². The lowest BCUT2D eigenvalue weighted by atomic mass is 9.99. The Morgan fingerprint density at radius 2 is 1.08 bits per heavy atom. The van der Waals surface area contributed by atoms with Gasteiger partial charge in [-0.15, -0.1) is 0 Å². The summed E-state index contributed by atoms with van der Waals surface area (Å²) in [6.45, 7) is 0. The van der Waals surface area contributed by atoms with Gasteiger partial charge >= 0.3 is 0 Å². The van der Waals surface area contributed by atoms with Crippen molar-refractivity contribution in [2.75, 3.05) is 4.90 Å². The largest absolute Gasteiger partial charge is 0.456 e. The number of aromatic nitrogens is 2. The lowest BCUT2D eigenvalue weighted by Gasteiger charge is -2.26. The molecule has 4 nitrogen and oxygen atoms in total. The SMILES string of the molecule is c1ccc(-c2cccc(N(c3ccc4ccccc4c3)c3ccc4c(c3)oc3cccc(-c5nc(-c6ccccc6)nc6ccccc56)c34)c2)cc1. The van der Waals surface area contributed by atoms with E-state index in [0.717, 1.165) is 72.3 Å². The molecule has 2 aromatic heterocycles. The summed E-state index contributed by atoms with van der Waals surface area (Å²) in [6.07, 6.45) is 0. The second kappa shape index (κ2) is 12.4. The van der Waals surface area contributed by atoms with Crippen LogP contribution in [-0.2, 0) is 0 Å². The molecular formula is C48H31N3O. The summed E-state index contributed by atoms with van der Waals surface area (Å²) in [6, 6.07) is 65.6. The van der Waals surface area contributed by atoms with Crippen molar-refractivity contribution in [2.45, 2.75) is 0 Å². The molecule has 244 valence electrons. The normalized spacial score (nSPS) is 11.5. The number of furan rings is 1. The molecular weight excluding hydrogens is 635 g/mol. The first-order chi connectivity index (χ1) is 25.8. The van der Waals surface area contributed by atoms with Crippen molar-refractivity contribution in [1.29, 1.82) is 0 Å². The predicted molar refractivity (Wildman–Crippen MR) is 215 cm³/mol.